The highest BCUT2D eigenvalue weighted by Gasteiger charge is 2.36. The first kappa shape index (κ1) is 14.3. The molecular weight excluding hydrogens is 288 g/mol. The van der Waals surface area contributed by atoms with Crippen molar-refractivity contribution in [3.05, 3.63) is 11.6 Å². The van der Waals surface area contributed by atoms with Gasteiger partial charge in [0, 0.05) is 57.3 Å². The molecule has 2 aliphatic heterocycles. The lowest BCUT2D eigenvalue weighted by Gasteiger charge is -2.35. The average Bonchev–Trinajstić information content (AvgIpc) is 3.16. The van der Waals surface area contributed by atoms with Crippen molar-refractivity contribution in [2.75, 3.05) is 44.2 Å². The zero-order chi connectivity index (χ0) is 14.8. The summed E-state index contributed by atoms with van der Waals surface area (Å²) < 4.78 is 0. The lowest BCUT2D eigenvalue weighted by Crippen LogP contribution is -2.50. The molecule has 1 atom stereocenters. The number of hydrogen-bond donors (Lipinski definition) is 0. The third-order valence-electron chi connectivity index (χ3n) is 4.23. The van der Waals surface area contributed by atoms with E-state index in [4.69, 9.17) is 0 Å². The topological polar surface area (TPSA) is 56.8 Å². The van der Waals surface area contributed by atoms with Crippen LogP contribution in [0.15, 0.2) is 11.6 Å². The minimum absolute atomic E-state index is 0.109. The van der Waals surface area contributed by atoms with E-state index < -0.39 is 0 Å². The molecule has 0 N–H and O–H groups in total. The number of nitrogens with zero attached hydrogens (tertiary/aromatic N) is 4. The van der Waals surface area contributed by atoms with Crippen LogP contribution in [-0.4, -0.2) is 65.9 Å². The summed E-state index contributed by atoms with van der Waals surface area (Å²) in [6.45, 7) is 6.30. The molecule has 1 unspecified atom stereocenters. The first-order valence-electron chi connectivity index (χ1n) is 7.40. The van der Waals surface area contributed by atoms with E-state index in [9.17, 15) is 9.59 Å². The molecule has 1 aromatic rings. The van der Waals surface area contributed by atoms with E-state index in [-0.39, 0.29) is 17.7 Å². The molecule has 1 aromatic heterocycles. The van der Waals surface area contributed by atoms with E-state index in [1.807, 2.05) is 17.2 Å². The quantitative estimate of drug-likeness (QED) is 0.823. The molecule has 21 heavy (non-hydrogen) atoms. The maximum absolute atomic E-state index is 12.5. The Labute approximate surface area is 128 Å². The molecule has 6 nitrogen and oxygen atoms in total. The summed E-state index contributed by atoms with van der Waals surface area (Å²) >= 11 is 1.63. The van der Waals surface area contributed by atoms with Gasteiger partial charge in [-0.15, -0.1) is 11.3 Å². The SMILES string of the molecule is CCN1CC(C(=O)N2CCN(c3nccs3)CC2)CC1=O. The summed E-state index contributed by atoms with van der Waals surface area (Å²) in [5.41, 5.74) is 0. The Balaban J connectivity index is 1.55. The van der Waals surface area contributed by atoms with Gasteiger partial charge in [0.25, 0.3) is 0 Å². The smallest absolute Gasteiger partial charge is 0.228 e. The van der Waals surface area contributed by atoms with Gasteiger partial charge in [0.1, 0.15) is 0 Å². The zero-order valence-electron chi connectivity index (χ0n) is 12.2. The van der Waals surface area contributed by atoms with E-state index in [1.54, 1.807) is 22.4 Å². The highest BCUT2D eigenvalue weighted by Crippen LogP contribution is 2.23. The first-order valence-corrected chi connectivity index (χ1v) is 8.28. The molecule has 114 valence electrons. The minimum Gasteiger partial charge on any atom is -0.345 e. The van der Waals surface area contributed by atoms with Crippen LogP contribution >= 0.6 is 11.3 Å². The first-order chi connectivity index (χ1) is 10.2. The van der Waals surface area contributed by atoms with E-state index in [2.05, 4.69) is 9.88 Å². The lowest BCUT2D eigenvalue weighted by molar-refractivity contribution is -0.136. The Kier molecular flexibility index (Phi) is 4.10. The van der Waals surface area contributed by atoms with Gasteiger partial charge in [-0.1, -0.05) is 0 Å². The summed E-state index contributed by atoms with van der Waals surface area (Å²) in [7, 11) is 0. The van der Waals surface area contributed by atoms with Crippen molar-refractivity contribution in [3.8, 4) is 0 Å². The molecule has 0 saturated carbocycles. The number of hydrogen-bond acceptors (Lipinski definition) is 5. The van der Waals surface area contributed by atoms with Crippen LogP contribution in [0.2, 0.25) is 0 Å². The van der Waals surface area contributed by atoms with Crippen LogP contribution in [0, 0.1) is 5.92 Å². The Morgan fingerprint density at radius 2 is 2.14 bits per heavy atom. The molecule has 0 radical (unpaired) electrons. The normalized spacial score (nSPS) is 23.0. The monoisotopic (exact) mass is 308 g/mol. The predicted octanol–water partition coefficient (Wildman–Crippen LogP) is 0.660. The van der Waals surface area contributed by atoms with E-state index in [0.717, 1.165) is 31.3 Å². The molecule has 2 fully saturated rings. The molecule has 2 amide bonds. The fourth-order valence-corrected chi connectivity index (χ4v) is 3.69. The van der Waals surface area contributed by atoms with E-state index in [0.29, 0.717) is 19.5 Å². The van der Waals surface area contributed by atoms with E-state index >= 15 is 0 Å². The van der Waals surface area contributed by atoms with Crippen LogP contribution < -0.4 is 4.90 Å². The molecule has 0 aliphatic carbocycles. The van der Waals surface area contributed by atoms with Crippen molar-refractivity contribution in [3.63, 3.8) is 0 Å². The molecule has 3 heterocycles. The number of thiazole rings is 1. The largest absolute Gasteiger partial charge is 0.345 e. The van der Waals surface area contributed by atoms with Crippen molar-refractivity contribution in [2.45, 2.75) is 13.3 Å². The third-order valence-corrected chi connectivity index (χ3v) is 5.06. The van der Waals surface area contributed by atoms with Crippen LogP contribution in [0.1, 0.15) is 13.3 Å². The zero-order valence-corrected chi connectivity index (χ0v) is 13.0. The number of carbonyl (C=O) groups excluding carboxylic acids is 2. The number of anilines is 1. The van der Waals surface area contributed by atoms with Crippen LogP contribution in [0.4, 0.5) is 5.13 Å². The van der Waals surface area contributed by atoms with Crippen molar-refractivity contribution < 1.29 is 9.59 Å². The Hall–Kier alpha value is -1.63. The number of amides is 2. The van der Waals surface area contributed by atoms with Gasteiger partial charge in [0.2, 0.25) is 11.8 Å². The Morgan fingerprint density at radius 1 is 1.38 bits per heavy atom. The molecular formula is C14H20N4O2S. The van der Waals surface area contributed by atoms with Crippen molar-refractivity contribution in [1.82, 2.24) is 14.8 Å². The Morgan fingerprint density at radius 3 is 2.71 bits per heavy atom. The van der Waals surface area contributed by atoms with Gasteiger partial charge >= 0.3 is 0 Å². The lowest BCUT2D eigenvalue weighted by atomic mass is 10.1. The van der Waals surface area contributed by atoms with E-state index in [1.165, 1.54) is 0 Å². The number of likely N-dealkylation sites (tertiary alicyclic amines) is 1. The van der Waals surface area contributed by atoms with Gasteiger partial charge in [-0.3, -0.25) is 9.59 Å². The number of piperazine rings is 1. The summed E-state index contributed by atoms with van der Waals surface area (Å²) in [5, 5.41) is 2.99. The van der Waals surface area contributed by atoms with Crippen molar-refractivity contribution in [2.24, 2.45) is 5.92 Å². The summed E-state index contributed by atoms with van der Waals surface area (Å²) in [6.07, 6.45) is 2.18. The van der Waals surface area contributed by atoms with Gasteiger partial charge in [-0.05, 0) is 6.92 Å². The second-order valence-electron chi connectivity index (χ2n) is 5.46. The second-order valence-corrected chi connectivity index (χ2v) is 6.33. The minimum atomic E-state index is -0.149. The molecule has 7 heteroatoms. The van der Waals surface area contributed by atoms with Crippen LogP contribution in [0.5, 0.6) is 0 Å². The van der Waals surface area contributed by atoms with Gasteiger partial charge in [0.15, 0.2) is 5.13 Å². The van der Waals surface area contributed by atoms with Gasteiger partial charge in [0.05, 0.1) is 5.92 Å². The van der Waals surface area contributed by atoms with Crippen molar-refractivity contribution in [1.29, 1.82) is 0 Å². The summed E-state index contributed by atoms with van der Waals surface area (Å²) in [6, 6.07) is 0. The maximum atomic E-state index is 12.5. The van der Waals surface area contributed by atoms with Gasteiger partial charge < -0.3 is 14.7 Å². The van der Waals surface area contributed by atoms with Crippen molar-refractivity contribution >= 4 is 28.3 Å². The molecule has 2 saturated heterocycles. The molecule has 2 aliphatic rings. The molecule has 0 bridgehead atoms. The Bertz CT molecular complexity index is 511. The van der Waals surface area contributed by atoms with Gasteiger partial charge in [-0.2, -0.15) is 0 Å². The van der Waals surface area contributed by atoms with Crippen LogP contribution in [-0.2, 0) is 9.59 Å². The molecule has 0 spiro atoms. The molecule has 0 aromatic carbocycles. The second kappa shape index (κ2) is 6.01. The number of rotatable bonds is 3. The number of aromatic nitrogens is 1. The van der Waals surface area contributed by atoms with Crippen LogP contribution in [0.3, 0.4) is 0 Å². The highest BCUT2D eigenvalue weighted by molar-refractivity contribution is 7.13. The average molecular weight is 308 g/mol. The number of carbonyl (C=O) groups is 2. The molecule has 3 rings (SSSR count). The van der Waals surface area contributed by atoms with Gasteiger partial charge in [-0.25, -0.2) is 4.98 Å². The fraction of sp³-hybridized carbons (Fsp3) is 0.643. The fourth-order valence-electron chi connectivity index (χ4n) is 2.99. The van der Waals surface area contributed by atoms with Crippen LogP contribution in [0.25, 0.3) is 0 Å². The predicted molar refractivity (Wildman–Crippen MR) is 81.3 cm³/mol. The summed E-state index contributed by atoms with van der Waals surface area (Å²) in [4.78, 5) is 34.5. The third kappa shape index (κ3) is 2.88. The maximum Gasteiger partial charge on any atom is 0.228 e. The standard InChI is InChI=1S/C14H20N4O2S/c1-2-16-10-11(9-12(16)19)13(20)17-4-6-18(7-5-17)14-15-3-8-21-14/h3,8,11H,2,4-7,9-10H2,1H3. The summed E-state index contributed by atoms with van der Waals surface area (Å²) in [5.74, 6) is 0.0965. The highest BCUT2D eigenvalue weighted by atomic mass is 32.1.